The van der Waals surface area contributed by atoms with Gasteiger partial charge in [-0.3, -0.25) is 0 Å². The molecule has 1 aromatic rings. The Morgan fingerprint density at radius 3 is 3.00 bits per heavy atom. The fourth-order valence-corrected chi connectivity index (χ4v) is 1.27. The molecule has 0 unspecified atom stereocenters. The van der Waals surface area contributed by atoms with Crippen LogP contribution in [0.2, 0.25) is 0 Å². The topological polar surface area (TPSA) is 47.0 Å². The van der Waals surface area contributed by atoms with Gasteiger partial charge in [-0.15, -0.1) is 0 Å². The Bertz CT molecular complexity index is 281. The minimum Gasteiger partial charge on any atom is -0.377 e. The van der Waals surface area contributed by atoms with Crippen LogP contribution >= 0.6 is 15.9 Å². The zero-order valence-corrected chi connectivity index (χ0v) is 9.91. The summed E-state index contributed by atoms with van der Waals surface area (Å²) >= 11 is 3.35. The second-order valence-corrected chi connectivity index (χ2v) is 3.92. The zero-order valence-electron chi connectivity index (χ0n) is 8.33. The van der Waals surface area contributed by atoms with Gasteiger partial charge in [0.2, 0.25) is 0 Å². The van der Waals surface area contributed by atoms with Crippen molar-refractivity contribution in [3.63, 3.8) is 0 Å². The molecule has 0 aliphatic rings. The molecule has 14 heavy (non-hydrogen) atoms. The highest BCUT2D eigenvalue weighted by Gasteiger charge is 1.99. The Balaban J connectivity index is 2.28. The van der Waals surface area contributed by atoms with Crippen molar-refractivity contribution in [2.45, 2.75) is 20.0 Å². The van der Waals surface area contributed by atoms with Gasteiger partial charge in [-0.1, -0.05) is 0 Å². The Kier molecular flexibility index (Phi) is 4.82. The Labute approximate surface area is 92.2 Å². The molecule has 1 aromatic heterocycles. The summed E-state index contributed by atoms with van der Waals surface area (Å²) in [5.74, 6) is 0.798. The largest absolute Gasteiger partial charge is 0.377 e. The first-order valence-corrected chi connectivity index (χ1v) is 5.30. The number of nitrogens with zero attached hydrogens (tertiary/aromatic N) is 2. The number of aromatic nitrogens is 2. The van der Waals surface area contributed by atoms with Crippen LogP contribution in [0.4, 0.5) is 5.82 Å². The molecule has 5 heteroatoms. The van der Waals surface area contributed by atoms with Crippen molar-refractivity contribution in [1.82, 2.24) is 9.97 Å². The fraction of sp³-hybridized carbons (Fsp3) is 0.556. The van der Waals surface area contributed by atoms with Crippen molar-refractivity contribution in [3.05, 3.63) is 17.0 Å². The van der Waals surface area contributed by atoms with E-state index in [1.807, 2.05) is 13.8 Å². The molecule has 0 bridgehead atoms. The number of ether oxygens (including phenoxy) is 1. The van der Waals surface area contributed by atoms with E-state index in [4.69, 9.17) is 4.74 Å². The highest BCUT2D eigenvalue weighted by molar-refractivity contribution is 9.10. The molecular formula is C9H14BrN3O. The van der Waals surface area contributed by atoms with Crippen LogP contribution in [0.1, 0.15) is 13.8 Å². The number of anilines is 1. The van der Waals surface area contributed by atoms with Gasteiger partial charge in [-0.05, 0) is 29.8 Å². The van der Waals surface area contributed by atoms with E-state index in [2.05, 4.69) is 31.2 Å². The van der Waals surface area contributed by atoms with Crippen LogP contribution < -0.4 is 5.32 Å². The van der Waals surface area contributed by atoms with Gasteiger partial charge in [0.25, 0.3) is 0 Å². The molecule has 0 aliphatic heterocycles. The summed E-state index contributed by atoms with van der Waals surface area (Å²) in [5.41, 5.74) is 0. The fourth-order valence-electron chi connectivity index (χ4n) is 0.907. The van der Waals surface area contributed by atoms with Crippen LogP contribution in [0.5, 0.6) is 0 Å². The first kappa shape index (κ1) is 11.4. The lowest BCUT2D eigenvalue weighted by atomic mass is 10.5. The van der Waals surface area contributed by atoms with Crippen molar-refractivity contribution in [3.8, 4) is 0 Å². The average Bonchev–Trinajstić information content (AvgIpc) is 2.15. The Hall–Kier alpha value is -0.680. The van der Waals surface area contributed by atoms with Crippen molar-refractivity contribution < 1.29 is 4.74 Å². The molecule has 1 N–H and O–H groups in total. The van der Waals surface area contributed by atoms with Gasteiger partial charge < -0.3 is 10.1 Å². The third-order valence-corrected chi connectivity index (χ3v) is 2.09. The van der Waals surface area contributed by atoms with Crippen molar-refractivity contribution >= 4 is 21.7 Å². The van der Waals surface area contributed by atoms with Gasteiger partial charge in [-0.25, -0.2) is 9.97 Å². The van der Waals surface area contributed by atoms with Gasteiger partial charge in [0.05, 0.1) is 17.2 Å². The number of halogens is 1. The lowest BCUT2D eigenvalue weighted by molar-refractivity contribution is 0.0870. The molecule has 0 atom stereocenters. The van der Waals surface area contributed by atoms with Gasteiger partial charge in [0, 0.05) is 12.7 Å². The molecule has 0 radical (unpaired) electrons. The monoisotopic (exact) mass is 259 g/mol. The second-order valence-electron chi connectivity index (χ2n) is 3.07. The maximum Gasteiger partial charge on any atom is 0.143 e. The van der Waals surface area contributed by atoms with Crippen LogP contribution in [0.25, 0.3) is 0 Å². The number of nitrogens with one attached hydrogen (secondary N) is 1. The van der Waals surface area contributed by atoms with Crippen molar-refractivity contribution in [1.29, 1.82) is 0 Å². The molecule has 0 aliphatic carbocycles. The van der Waals surface area contributed by atoms with Gasteiger partial charge in [0.1, 0.15) is 12.1 Å². The maximum absolute atomic E-state index is 5.38. The normalized spacial score (nSPS) is 10.6. The summed E-state index contributed by atoms with van der Waals surface area (Å²) in [4.78, 5) is 7.94. The molecule has 0 aromatic carbocycles. The van der Waals surface area contributed by atoms with E-state index >= 15 is 0 Å². The molecule has 4 nitrogen and oxygen atoms in total. The van der Waals surface area contributed by atoms with Crippen molar-refractivity contribution in [2.24, 2.45) is 0 Å². The predicted octanol–water partition coefficient (Wildman–Crippen LogP) is 2.08. The van der Waals surface area contributed by atoms with Crippen LogP contribution in [0.3, 0.4) is 0 Å². The van der Waals surface area contributed by atoms with Gasteiger partial charge in [-0.2, -0.15) is 0 Å². The summed E-state index contributed by atoms with van der Waals surface area (Å²) < 4.78 is 6.25. The quantitative estimate of drug-likeness (QED) is 0.823. The summed E-state index contributed by atoms with van der Waals surface area (Å²) in [6.45, 7) is 5.45. The second kappa shape index (κ2) is 5.93. The smallest absolute Gasteiger partial charge is 0.143 e. The van der Waals surface area contributed by atoms with E-state index in [-0.39, 0.29) is 6.10 Å². The maximum atomic E-state index is 5.38. The van der Waals surface area contributed by atoms with Crippen LogP contribution in [-0.4, -0.2) is 29.2 Å². The highest BCUT2D eigenvalue weighted by Crippen LogP contribution is 2.16. The minimum absolute atomic E-state index is 0.269. The van der Waals surface area contributed by atoms with Gasteiger partial charge >= 0.3 is 0 Å². The summed E-state index contributed by atoms with van der Waals surface area (Å²) in [6, 6.07) is 0. The van der Waals surface area contributed by atoms with Crippen molar-refractivity contribution in [2.75, 3.05) is 18.5 Å². The molecule has 0 amide bonds. The first-order chi connectivity index (χ1) is 6.70. The zero-order chi connectivity index (χ0) is 10.4. The predicted molar refractivity (Wildman–Crippen MR) is 59.3 cm³/mol. The number of hydrogen-bond acceptors (Lipinski definition) is 4. The van der Waals surface area contributed by atoms with E-state index in [0.717, 1.165) is 16.8 Å². The molecule has 78 valence electrons. The van der Waals surface area contributed by atoms with Crippen LogP contribution in [0, 0.1) is 0 Å². The first-order valence-electron chi connectivity index (χ1n) is 4.51. The molecule has 0 saturated carbocycles. The standard InChI is InChI=1S/C9H14BrN3O/c1-7(2)14-4-3-12-9-8(10)5-11-6-13-9/h5-7H,3-4H2,1-2H3,(H,11,12,13). The highest BCUT2D eigenvalue weighted by atomic mass is 79.9. The lowest BCUT2D eigenvalue weighted by Crippen LogP contribution is -2.14. The molecule has 0 saturated heterocycles. The molecule has 1 rings (SSSR count). The molecular weight excluding hydrogens is 246 g/mol. The van der Waals surface area contributed by atoms with E-state index < -0.39 is 0 Å². The SMILES string of the molecule is CC(C)OCCNc1ncncc1Br. The van der Waals surface area contributed by atoms with Crippen LogP contribution in [0.15, 0.2) is 17.0 Å². The third-order valence-electron chi connectivity index (χ3n) is 1.51. The summed E-state index contributed by atoms with van der Waals surface area (Å²) in [5, 5.41) is 3.15. The number of hydrogen-bond donors (Lipinski definition) is 1. The summed E-state index contributed by atoms with van der Waals surface area (Å²) in [7, 11) is 0. The Morgan fingerprint density at radius 2 is 2.36 bits per heavy atom. The van der Waals surface area contributed by atoms with E-state index in [0.29, 0.717) is 6.61 Å². The average molecular weight is 260 g/mol. The van der Waals surface area contributed by atoms with E-state index in [1.54, 1.807) is 6.20 Å². The lowest BCUT2D eigenvalue weighted by Gasteiger charge is -2.09. The van der Waals surface area contributed by atoms with E-state index in [1.165, 1.54) is 6.33 Å². The molecule has 0 fully saturated rings. The molecule has 0 spiro atoms. The summed E-state index contributed by atoms with van der Waals surface area (Å²) in [6.07, 6.45) is 3.49. The van der Waals surface area contributed by atoms with Gasteiger partial charge in [0.15, 0.2) is 0 Å². The Morgan fingerprint density at radius 1 is 1.57 bits per heavy atom. The molecule has 1 heterocycles. The van der Waals surface area contributed by atoms with Crippen LogP contribution in [-0.2, 0) is 4.74 Å². The third kappa shape index (κ3) is 4.02. The minimum atomic E-state index is 0.269. The van der Waals surface area contributed by atoms with E-state index in [9.17, 15) is 0 Å². The number of rotatable bonds is 5.